The minimum absolute atomic E-state index is 0.373. The van der Waals surface area contributed by atoms with Gasteiger partial charge < -0.3 is 4.74 Å². The zero-order chi connectivity index (χ0) is 32.5. The van der Waals surface area contributed by atoms with Crippen molar-refractivity contribution in [2.75, 3.05) is 6.61 Å². The fourth-order valence-corrected chi connectivity index (χ4v) is 4.51. The number of ether oxygens (including phenoxy) is 1. The Morgan fingerprint density at radius 3 is 1.77 bits per heavy atom. The zero-order valence-electron chi connectivity index (χ0n) is 22.6. The third kappa shape index (κ3) is 12.4. The standard InChI is InChI=1S/C17H18O18S4/c18-17(32-13-8-6-12(7-9-13)11-4-2-1-3-5-11)16(35-39(28,29)30)15(34-38(25,26)27)14(33-37(22,23)24)10-31-36(19,20)21/h1-9,14-16H,10H2,(H,19,20,21)(H,22,23,24)(H,25,26,27)(H,28,29,30)/t14-,15-,16+/m1/s1/i/hD4. The highest BCUT2D eigenvalue weighted by Gasteiger charge is 2.46. The molecule has 0 aliphatic rings. The molecule has 0 aliphatic heterocycles. The highest BCUT2D eigenvalue weighted by molar-refractivity contribution is 7.81. The maximum atomic E-state index is 13.1. The first-order chi connectivity index (χ1) is 20.0. The molecule has 0 aliphatic carbocycles. The third-order valence-corrected chi connectivity index (χ3v) is 5.95. The molecule has 218 valence electrons. The van der Waals surface area contributed by atoms with Gasteiger partial charge in [-0.2, -0.15) is 33.7 Å². The van der Waals surface area contributed by atoms with Crippen LogP contribution in [0.5, 0.6) is 5.75 Å². The van der Waals surface area contributed by atoms with Crippen LogP contribution < -0.4 is 4.74 Å². The van der Waals surface area contributed by atoms with Crippen LogP contribution in [0.15, 0.2) is 54.6 Å². The summed E-state index contributed by atoms with van der Waals surface area (Å²) in [4.78, 5) is 13.1. The molecular weight excluding hydrogens is 620 g/mol. The van der Waals surface area contributed by atoms with Gasteiger partial charge in [0.25, 0.3) is 0 Å². The highest BCUT2D eigenvalue weighted by Crippen LogP contribution is 2.24. The first-order valence-electron chi connectivity index (χ1n) is 11.3. The van der Waals surface area contributed by atoms with E-state index in [9.17, 15) is 38.5 Å². The van der Waals surface area contributed by atoms with Gasteiger partial charge in [0.2, 0.25) is 11.8 Å². The number of esters is 1. The Balaban J connectivity index is 2.61. The molecule has 0 amide bonds. The lowest BCUT2D eigenvalue weighted by Crippen LogP contribution is -2.52. The Morgan fingerprint density at radius 2 is 1.21 bits per heavy atom. The van der Waals surface area contributed by atoms with E-state index in [0.717, 1.165) is 5.56 Å². The van der Waals surface area contributed by atoms with E-state index in [1.807, 2.05) is 0 Å². The van der Waals surface area contributed by atoms with Crippen molar-refractivity contribution in [1.29, 1.82) is 5.72 Å². The van der Waals surface area contributed by atoms with E-state index in [1.54, 1.807) is 30.3 Å². The molecule has 0 heterocycles. The minimum Gasteiger partial charge on any atom is -0.425 e. The van der Waals surface area contributed by atoms with Crippen LogP contribution in [0.25, 0.3) is 16.9 Å². The molecule has 0 saturated heterocycles. The van der Waals surface area contributed by atoms with Gasteiger partial charge in [0.1, 0.15) is 18.0 Å². The maximum absolute atomic E-state index is 13.1. The van der Waals surface area contributed by atoms with Gasteiger partial charge in [0, 0.05) is 0 Å². The summed E-state index contributed by atoms with van der Waals surface area (Å²) in [5, 5.41) is 0. The van der Waals surface area contributed by atoms with Crippen molar-refractivity contribution >= 4 is 47.6 Å². The SMILES string of the molecule is [2H]OS(=O)(=O)OC[C@@H](OS(=O)(=O)O[2H])[C@@H](OS(=O)(=O)O[2H])[C@H](OS(=O)(=O)O[2H])C(=O)Oc1ccc(-c2ccccc2)cc1. The van der Waals surface area contributed by atoms with Crippen molar-refractivity contribution < 1.29 is 78.2 Å². The average Bonchev–Trinajstić information content (AvgIpc) is 2.98. The van der Waals surface area contributed by atoms with Crippen LogP contribution in [-0.4, -0.2) is 82.8 Å². The molecule has 0 aromatic heterocycles. The molecule has 39 heavy (non-hydrogen) atoms. The molecule has 0 unspecified atom stereocenters. The molecule has 0 saturated carbocycles. The van der Waals surface area contributed by atoms with E-state index in [0.29, 0.717) is 5.56 Å². The fourth-order valence-electron chi connectivity index (χ4n) is 2.80. The number of hydrogen-bond acceptors (Lipinski definition) is 18. The monoisotopic (exact) mass is 642 g/mol. The van der Waals surface area contributed by atoms with Crippen LogP contribution in [0.2, 0.25) is 0 Å². The fraction of sp³-hybridized carbons (Fsp3) is 0.235. The molecule has 0 spiro atoms. The Kier molecular flexibility index (Phi) is 8.67. The van der Waals surface area contributed by atoms with Gasteiger partial charge in [0.05, 0.1) is 6.61 Å². The van der Waals surface area contributed by atoms with Gasteiger partial charge in [-0.3, -0.25) is 18.2 Å². The van der Waals surface area contributed by atoms with Crippen LogP contribution in [0.4, 0.5) is 0 Å². The Bertz CT molecular complexity index is 1650. The molecule has 4 N–H and O–H groups in total. The normalized spacial score (nSPS) is 16.6. The van der Waals surface area contributed by atoms with Crippen LogP contribution in [0, 0.1) is 0 Å². The van der Waals surface area contributed by atoms with Crippen molar-refractivity contribution in [3.8, 4) is 16.9 Å². The van der Waals surface area contributed by atoms with E-state index < -0.39 is 72.5 Å². The quantitative estimate of drug-likeness (QED) is 0.0917. The molecule has 2 aromatic carbocycles. The lowest BCUT2D eigenvalue weighted by atomic mass is 10.1. The summed E-state index contributed by atoms with van der Waals surface area (Å²) in [6.07, 6.45) is -9.10. The molecule has 2 aromatic rings. The lowest BCUT2D eigenvalue weighted by molar-refractivity contribution is -0.151. The van der Waals surface area contributed by atoms with Crippen molar-refractivity contribution in [3.63, 3.8) is 0 Å². The van der Waals surface area contributed by atoms with Gasteiger partial charge in [0.15, 0.2) is 0 Å². The van der Waals surface area contributed by atoms with Crippen LogP contribution in [0.1, 0.15) is 0 Å². The minimum atomic E-state index is -5.67. The molecular formula is C17H18O18S4. The first-order valence-corrected chi connectivity index (χ1v) is 15.0. The van der Waals surface area contributed by atoms with Crippen molar-refractivity contribution in [2.45, 2.75) is 18.3 Å². The number of rotatable bonds is 18. The Labute approximate surface area is 227 Å². The highest BCUT2D eigenvalue weighted by atomic mass is 32.3. The van der Waals surface area contributed by atoms with Gasteiger partial charge in [-0.25, -0.2) is 21.5 Å². The number of benzene rings is 2. The first kappa shape index (κ1) is 26.6. The van der Waals surface area contributed by atoms with E-state index in [1.165, 1.54) is 24.3 Å². The molecule has 22 heteroatoms. The molecule has 2 rings (SSSR count). The number of carbonyl (C=O) groups is 1. The van der Waals surface area contributed by atoms with E-state index in [2.05, 4.69) is 35.0 Å². The summed E-state index contributed by atoms with van der Waals surface area (Å²) in [6, 6.07) is 13.8. The Morgan fingerprint density at radius 1 is 0.692 bits per heavy atom. The predicted octanol–water partition coefficient (Wildman–Crippen LogP) is -0.358. The molecule has 18 nitrogen and oxygen atoms in total. The second-order valence-corrected chi connectivity index (χ2v) is 11.0. The predicted molar refractivity (Wildman–Crippen MR) is 124 cm³/mol. The summed E-state index contributed by atoms with van der Waals surface area (Å²) in [7, 11) is -22.2. The summed E-state index contributed by atoms with van der Waals surface area (Å²) in [6.45, 7) is -1.80. The summed E-state index contributed by atoms with van der Waals surface area (Å²) < 4.78 is 155. The molecule has 3 atom stereocenters. The van der Waals surface area contributed by atoms with Crippen LogP contribution >= 0.6 is 0 Å². The second-order valence-electron chi connectivity index (χ2n) is 6.94. The van der Waals surface area contributed by atoms with Crippen molar-refractivity contribution in [2.24, 2.45) is 0 Å². The topological polar surface area (TPSA) is 281 Å². The summed E-state index contributed by atoms with van der Waals surface area (Å²) in [5.41, 5.74) is 1.32. The zero-order valence-corrected chi connectivity index (χ0v) is 21.9. The van der Waals surface area contributed by atoms with Crippen LogP contribution in [0.3, 0.4) is 0 Å². The van der Waals surface area contributed by atoms with Crippen LogP contribution in [-0.2, 0) is 63.1 Å². The van der Waals surface area contributed by atoms with Crippen molar-refractivity contribution in [1.82, 2.24) is 0 Å². The molecule has 0 fully saturated rings. The summed E-state index contributed by atoms with van der Waals surface area (Å²) in [5.74, 6) is -2.32. The average molecular weight is 643 g/mol. The maximum Gasteiger partial charge on any atom is 0.398 e. The summed E-state index contributed by atoms with van der Waals surface area (Å²) >= 11 is 0. The van der Waals surface area contributed by atoms with Gasteiger partial charge in [-0.15, -0.1) is 0 Å². The third-order valence-electron chi connectivity index (χ3n) is 4.15. The smallest absolute Gasteiger partial charge is 0.398 e. The van der Waals surface area contributed by atoms with E-state index >= 15 is 0 Å². The van der Waals surface area contributed by atoms with E-state index in [4.69, 9.17) is 10.5 Å². The number of hydrogen-bond donors (Lipinski definition) is 4. The second kappa shape index (κ2) is 12.7. The molecule has 0 bridgehead atoms. The lowest BCUT2D eigenvalue weighted by Gasteiger charge is -2.28. The largest absolute Gasteiger partial charge is 0.425 e. The Hall–Kier alpha value is -2.61. The van der Waals surface area contributed by atoms with Crippen molar-refractivity contribution in [3.05, 3.63) is 54.6 Å². The van der Waals surface area contributed by atoms with Gasteiger partial charge >= 0.3 is 47.6 Å². The number of carbonyl (C=O) groups excluding carboxylic acids is 1. The molecule has 0 radical (unpaired) electrons. The van der Waals surface area contributed by atoms with Gasteiger partial charge in [-0.1, -0.05) is 42.5 Å². The van der Waals surface area contributed by atoms with Gasteiger partial charge in [-0.05, 0) is 23.3 Å². The van der Waals surface area contributed by atoms with E-state index in [-0.39, 0.29) is 5.75 Å².